The average Bonchev–Trinajstić information content (AvgIpc) is 2.78. The second kappa shape index (κ2) is 7.20. The van der Waals surface area contributed by atoms with Crippen LogP contribution in [0.15, 0.2) is 32.8 Å². The molecule has 108 valence electrons. The Morgan fingerprint density at radius 1 is 1.40 bits per heavy atom. The van der Waals surface area contributed by atoms with Gasteiger partial charge in [-0.05, 0) is 37.1 Å². The molecule has 1 heterocycles. The molecule has 0 saturated carbocycles. The minimum absolute atomic E-state index is 0.174. The van der Waals surface area contributed by atoms with Crippen molar-refractivity contribution in [1.29, 1.82) is 0 Å². The molecule has 1 aromatic carbocycles. The number of hydrogen-bond acceptors (Lipinski definition) is 4. The number of aryl methyl sites for hydroxylation is 1. The van der Waals surface area contributed by atoms with Gasteiger partial charge in [-0.3, -0.25) is 0 Å². The van der Waals surface area contributed by atoms with Gasteiger partial charge in [-0.25, -0.2) is 9.37 Å². The van der Waals surface area contributed by atoms with E-state index in [-0.39, 0.29) is 5.82 Å². The normalized spacial score (nSPS) is 11.2. The van der Waals surface area contributed by atoms with Gasteiger partial charge in [0.15, 0.2) is 4.34 Å². The van der Waals surface area contributed by atoms with Gasteiger partial charge in [0.25, 0.3) is 0 Å². The van der Waals surface area contributed by atoms with Gasteiger partial charge < -0.3 is 5.32 Å². The molecule has 0 aliphatic heterocycles. The number of halogens is 1. The highest BCUT2D eigenvalue weighted by molar-refractivity contribution is 8.01. The summed E-state index contributed by atoms with van der Waals surface area (Å²) in [6, 6.07) is 5.42. The van der Waals surface area contributed by atoms with E-state index in [2.05, 4.69) is 24.1 Å². The second-order valence-electron chi connectivity index (χ2n) is 5.15. The molecule has 0 saturated heterocycles. The maximum Gasteiger partial charge on any atom is 0.154 e. The lowest BCUT2D eigenvalue weighted by atomic mass is 10.2. The lowest BCUT2D eigenvalue weighted by Gasteiger charge is -2.08. The van der Waals surface area contributed by atoms with Crippen LogP contribution in [0.25, 0.3) is 0 Å². The maximum absolute atomic E-state index is 14.1. The molecular weight excluding hydrogens is 291 g/mol. The zero-order valence-electron chi connectivity index (χ0n) is 11.9. The van der Waals surface area contributed by atoms with Crippen LogP contribution in [0.1, 0.15) is 25.1 Å². The van der Waals surface area contributed by atoms with Gasteiger partial charge in [-0.2, -0.15) is 0 Å². The van der Waals surface area contributed by atoms with Crippen LogP contribution in [-0.4, -0.2) is 11.5 Å². The molecule has 2 nitrogen and oxygen atoms in total. The number of nitrogens with one attached hydrogen (secondary N) is 1. The smallest absolute Gasteiger partial charge is 0.154 e. The number of aromatic nitrogens is 1. The van der Waals surface area contributed by atoms with E-state index in [9.17, 15) is 4.39 Å². The predicted molar refractivity (Wildman–Crippen MR) is 83.9 cm³/mol. The highest BCUT2D eigenvalue weighted by atomic mass is 32.2. The Balaban J connectivity index is 1.98. The van der Waals surface area contributed by atoms with E-state index in [0.29, 0.717) is 17.4 Å². The molecule has 0 bridgehead atoms. The van der Waals surface area contributed by atoms with Crippen LogP contribution in [0.5, 0.6) is 0 Å². The van der Waals surface area contributed by atoms with Gasteiger partial charge in [0, 0.05) is 17.6 Å². The molecule has 20 heavy (non-hydrogen) atoms. The van der Waals surface area contributed by atoms with E-state index in [0.717, 1.165) is 22.1 Å². The largest absolute Gasteiger partial charge is 0.312 e. The fraction of sp³-hybridized carbons (Fsp3) is 0.400. The minimum Gasteiger partial charge on any atom is -0.312 e. The molecule has 0 spiro atoms. The van der Waals surface area contributed by atoms with Gasteiger partial charge in [0.05, 0.1) is 4.90 Å². The molecule has 0 radical (unpaired) electrons. The van der Waals surface area contributed by atoms with Gasteiger partial charge in [0.2, 0.25) is 0 Å². The molecule has 0 amide bonds. The Hall–Kier alpha value is -0.910. The Morgan fingerprint density at radius 2 is 2.20 bits per heavy atom. The van der Waals surface area contributed by atoms with Crippen molar-refractivity contribution in [3.8, 4) is 0 Å². The van der Waals surface area contributed by atoms with Crippen molar-refractivity contribution in [2.45, 2.75) is 36.6 Å². The van der Waals surface area contributed by atoms with Crippen molar-refractivity contribution in [3.05, 3.63) is 40.7 Å². The molecule has 0 unspecified atom stereocenters. The Morgan fingerprint density at radius 3 is 2.80 bits per heavy atom. The first-order valence-corrected chi connectivity index (χ1v) is 8.33. The van der Waals surface area contributed by atoms with E-state index in [4.69, 9.17) is 0 Å². The standard InChI is InChI=1S/C15H19FN2S2/c1-10(2)7-17-8-12-4-5-14(13(16)6-12)20-15-18-11(3)9-19-15/h4-6,9-10,17H,7-8H2,1-3H3. The Kier molecular flexibility index (Phi) is 5.57. The molecule has 1 aromatic heterocycles. The van der Waals surface area contributed by atoms with E-state index >= 15 is 0 Å². The van der Waals surface area contributed by atoms with E-state index in [1.165, 1.54) is 11.8 Å². The Bertz CT molecular complexity index is 567. The highest BCUT2D eigenvalue weighted by Gasteiger charge is 2.08. The zero-order valence-corrected chi connectivity index (χ0v) is 13.6. The van der Waals surface area contributed by atoms with Crippen molar-refractivity contribution in [2.75, 3.05) is 6.54 Å². The number of benzene rings is 1. The number of thiazole rings is 1. The van der Waals surface area contributed by atoms with Crippen molar-refractivity contribution in [3.63, 3.8) is 0 Å². The molecule has 2 aromatic rings. The molecule has 0 atom stereocenters. The molecule has 2 rings (SSSR count). The molecular formula is C15H19FN2S2. The van der Waals surface area contributed by atoms with Crippen molar-refractivity contribution < 1.29 is 4.39 Å². The SMILES string of the molecule is Cc1csc(Sc2ccc(CNCC(C)C)cc2F)n1. The van der Waals surface area contributed by atoms with Gasteiger partial charge in [0.1, 0.15) is 5.82 Å². The highest BCUT2D eigenvalue weighted by Crippen LogP contribution is 2.32. The summed E-state index contributed by atoms with van der Waals surface area (Å²) in [4.78, 5) is 4.97. The van der Waals surface area contributed by atoms with Crippen molar-refractivity contribution >= 4 is 23.1 Å². The summed E-state index contributed by atoms with van der Waals surface area (Å²) in [5.74, 6) is 0.425. The fourth-order valence-electron chi connectivity index (χ4n) is 1.72. The number of rotatable bonds is 6. The van der Waals surface area contributed by atoms with Gasteiger partial charge in [-0.1, -0.05) is 31.7 Å². The summed E-state index contributed by atoms with van der Waals surface area (Å²) in [5, 5.41) is 5.29. The summed E-state index contributed by atoms with van der Waals surface area (Å²) in [6.07, 6.45) is 0. The minimum atomic E-state index is -0.174. The summed E-state index contributed by atoms with van der Waals surface area (Å²) in [6.45, 7) is 7.90. The van der Waals surface area contributed by atoms with E-state index < -0.39 is 0 Å². The molecule has 0 aliphatic rings. The topological polar surface area (TPSA) is 24.9 Å². The monoisotopic (exact) mass is 310 g/mol. The average molecular weight is 310 g/mol. The quantitative estimate of drug-likeness (QED) is 0.851. The van der Waals surface area contributed by atoms with Crippen LogP contribution < -0.4 is 5.32 Å². The third-order valence-electron chi connectivity index (χ3n) is 2.67. The third kappa shape index (κ3) is 4.58. The lowest BCUT2D eigenvalue weighted by molar-refractivity contribution is 0.548. The summed E-state index contributed by atoms with van der Waals surface area (Å²) in [5.41, 5.74) is 1.95. The van der Waals surface area contributed by atoms with Crippen LogP contribution in [0.2, 0.25) is 0 Å². The number of hydrogen-bond donors (Lipinski definition) is 1. The first-order chi connectivity index (χ1) is 9.54. The van der Waals surface area contributed by atoms with Crippen molar-refractivity contribution in [2.24, 2.45) is 5.92 Å². The Labute approximate surface area is 127 Å². The first-order valence-electron chi connectivity index (χ1n) is 6.63. The molecule has 0 fully saturated rings. The zero-order chi connectivity index (χ0) is 14.5. The summed E-state index contributed by atoms with van der Waals surface area (Å²) >= 11 is 2.93. The maximum atomic E-state index is 14.1. The lowest BCUT2D eigenvalue weighted by Crippen LogP contribution is -2.18. The third-order valence-corrected chi connectivity index (χ3v) is 4.78. The van der Waals surface area contributed by atoms with Crippen LogP contribution in [-0.2, 0) is 6.54 Å². The van der Waals surface area contributed by atoms with Crippen LogP contribution >= 0.6 is 23.1 Å². The van der Waals surface area contributed by atoms with Crippen LogP contribution in [0, 0.1) is 18.7 Å². The van der Waals surface area contributed by atoms with E-state index in [1.54, 1.807) is 17.4 Å². The summed E-state index contributed by atoms with van der Waals surface area (Å²) < 4.78 is 14.9. The predicted octanol–water partition coefficient (Wildman–Crippen LogP) is 4.49. The summed E-state index contributed by atoms with van der Waals surface area (Å²) in [7, 11) is 0. The molecule has 0 aliphatic carbocycles. The van der Waals surface area contributed by atoms with E-state index in [1.807, 2.05) is 24.4 Å². The van der Waals surface area contributed by atoms with Crippen LogP contribution in [0.3, 0.4) is 0 Å². The van der Waals surface area contributed by atoms with Gasteiger partial charge in [-0.15, -0.1) is 11.3 Å². The second-order valence-corrected chi connectivity index (χ2v) is 7.29. The van der Waals surface area contributed by atoms with Crippen molar-refractivity contribution in [1.82, 2.24) is 10.3 Å². The fourth-order valence-corrected chi connectivity index (χ4v) is 3.51. The van der Waals surface area contributed by atoms with Gasteiger partial charge >= 0.3 is 0 Å². The molecule has 1 N–H and O–H groups in total. The van der Waals surface area contributed by atoms with Crippen LogP contribution in [0.4, 0.5) is 4.39 Å². The molecule has 5 heteroatoms. The number of nitrogens with zero attached hydrogens (tertiary/aromatic N) is 1. The first kappa shape index (κ1) is 15.5.